The molecule has 0 amide bonds. The molecule has 16 unspecified atom stereocenters. The van der Waals surface area contributed by atoms with Gasteiger partial charge in [0.25, 0.3) is 0 Å². The summed E-state index contributed by atoms with van der Waals surface area (Å²) < 4.78 is 47.1. The molecule has 1 aliphatic heterocycles. The summed E-state index contributed by atoms with van der Waals surface area (Å²) in [4.78, 5) is 0. The summed E-state index contributed by atoms with van der Waals surface area (Å²) in [6.07, 6.45) is -3.41. The van der Waals surface area contributed by atoms with Gasteiger partial charge in [0.15, 0.2) is 6.29 Å². The van der Waals surface area contributed by atoms with Crippen LogP contribution in [-0.4, -0.2) is 117 Å². The molecule has 4 saturated carbocycles. The second-order valence-corrected chi connectivity index (χ2v) is 17.4. The Morgan fingerprint density at radius 1 is 0.979 bits per heavy atom. The van der Waals surface area contributed by atoms with Gasteiger partial charge in [-0.1, -0.05) is 46.3 Å². The minimum atomic E-state index is -4.88. The maximum Gasteiger partial charge on any atom is 0.397 e. The normalized spacial score (nSPS) is 48.9. The van der Waals surface area contributed by atoms with Gasteiger partial charge in [-0.2, -0.15) is 8.42 Å². The number of aliphatic hydroxyl groups excluding tert-OH is 6. The molecule has 1 saturated heterocycles. The number of rotatable bonds is 10. The predicted octanol–water partition coefficient (Wildman–Crippen LogP) is 1.31. The van der Waals surface area contributed by atoms with Crippen molar-refractivity contribution in [3.63, 3.8) is 0 Å². The van der Waals surface area contributed by atoms with E-state index in [1.807, 2.05) is 6.08 Å². The molecule has 0 spiro atoms. The number of allylic oxidation sites excluding steroid dienone is 1. The van der Waals surface area contributed by atoms with Crippen LogP contribution in [0.25, 0.3) is 0 Å². The Labute approximate surface area is 284 Å². The summed E-state index contributed by atoms with van der Waals surface area (Å²) in [7, 11) is -4.88. The van der Waals surface area contributed by atoms with Gasteiger partial charge in [-0.25, -0.2) is 4.18 Å². The lowest BCUT2D eigenvalue weighted by molar-refractivity contribution is -0.298. The average Bonchev–Trinajstić information content (AvgIpc) is 3.19. The third kappa shape index (κ3) is 6.79. The van der Waals surface area contributed by atoms with Crippen molar-refractivity contribution in [3.8, 4) is 0 Å². The van der Waals surface area contributed by atoms with Gasteiger partial charge in [0.05, 0.1) is 43.2 Å². The molecule has 1 heterocycles. The Balaban J connectivity index is 1.30. The lowest BCUT2D eigenvalue weighted by Crippen LogP contribution is -2.69. The number of aliphatic hydroxyl groups is 7. The number of hydrogen-bond acceptors (Lipinski definition) is 12. The Hall–Kier alpha value is -0.750. The fraction of sp³-hybridized carbons (Fsp3) is 0.941. The van der Waals surface area contributed by atoms with Gasteiger partial charge in [0.1, 0.15) is 18.3 Å². The van der Waals surface area contributed by atoms with Gasteiger partial charge < -0.3 is 45.2 Å². The van der Waals surface area contributed by atoms with Gasteiger partial charge in [-0.15, -0.1) is 0 Å². The summed E-state index contributed by atoms with van der Waals surface area (Å²) in [6, 6.07) is 0. The summed E-state index contributed by atoms with van der Waals surface area (Å²) in [5.74, 6) is -1.08. The maximum absolute atomic E-state index is 12.7. The van der Waals surface area contributed by atoms with Crippen LogP contribution < -0.4 is 0 Å². The van der Waals surface area contributed by atoms with Crippen molar-refractivity contribution in [1.29, 1.82) is 0 Å². The fourth-order valence-electron chi connectivity index (χ4n) is 11.3. The topological polar surface area (TPSA) is 224 Å². The van der Waals surface area contributed by atoms with Crippen LogP contribution in [0.15, 0.2) is 11.6 Å². The highest BCUT2D eigenvalue weighted by Crippen LogP contribution is 2.70. The minimum Gasteiger partial charge on any atom is -0.393 e. The zero-order valence-corrected chi connectivity index (χ0v) is 29.6. The molecule has 0 bridgehead atoms. The molecule has 16 atom stereocenters. The zero-order valence-electron chi connectivity index (χ0n) is 28.8. The third-order valence-electron chi connectivity index (χ3n) is 13.4. The van der Waals surface area contributed by atoms with Crippen LogP contribution in [0.5, 0.6) is 0 Å². The van der Waals surface area contributed by atoms with Crippen molar-refractivity contribution < 1.29 is 62.4 Å². The molecule has 13 nitrogen and oxygen atoms in total. The quantitative estimate of drug-likeness (QED) is 0.0913. The van der Waals surface area contributed by atoms with Crippen LogP contribution in [0.1, 0.15) is 86.0 Å². The summed E-state index contributed by atoms with van der Waals surface area (Å²) in [5, 5.41) is 78.1. The minimum absolute atomic E-state index is 0.0230. The van der Waals surface area contributed by atoms with E-state index in [2.05, 4.69) is 38.8 Å². The summed E-state index contributed by atoms with van der Waals surface area (Å²) >= 11 is 0. The molecule has 278 valence electrons. The van der Waals surface area contributed by atoms with Crippen molar-refractivity contribution in [3.05, 3.63) is 11.6 Å². The standard InChI is InChI=1S/C34H58O13S/c1-17(2)19(10-13-35)7-6-18(3)25-27(38)28(39)30-33(25,5)12-9-24-32(4)11-8-20(14-21(32)22(36)15-34(24,30)41)46-31-29(40)26(37)23(16-45-31)47-48(42,43)44/h10,17-18,20-31,35-41H,6-9,11-16H2,1-5H3,(H,42,43,44). The molecule has 0 aromatic carbocycles. The molecular weight excluding hydrogens is 648 g/mol. The Morgan fingerprint density at radius 2 is 1.65 bits per heavy atom. The zero-order chi connectivity index (χ0) is 35.6. The first-order valence-corrected chi connectivity index (χ1v) is 19.0. The lowest BCUT2D eigenvalue weighted by Gasteiger charge is -2.66. The van der Waals surface area contributed by atoms with Crippen LogP contribution in [0.2, 0.25) is 0 Å². The molecule has 4 aliphatic carbocycles. The molecule has 5 fully saturated rings. The molecular formula is C34H58O13S. The number of ether oxygens (including phenoxy) is 2. The molecule has 0 aromatic heterocycles. The monoisotopic (exact) mass is 706 g/mol. The summed E-state index contributed by atoms with van der Waals surface area (Å²) in [6.45, 7) is 9.98. The van der Waals surface area contributed by atoms with Crippen molar-refractivity contribution in [2.45, 2.75) is 141 Å². The van der Waals surface area contributed by atoms with E-state index in [0.717, 1.165) is 18.4 Å². The van der Waals surface area contributed by atoms with Gasteiger partial charge in [0.2, 0.25) is 0 Å². The largest absolute Gasteiger partial charge is 0.397 e. The first kappa shape index (κ1) is 38.5. The van der Waals surface area contributed by atoms with E-state index < -0.39 is 88.4 Å². The third-order valence-corrected chi connectivity index (χ3v) is 13.9. The lowest BCUT2D eigenvalue weighted by atomic mass is 9.42. The van der Waals surface area contributed by atoms with Crippen molar-refractivity contribution in [2.24, 2.45) is 46.3 Å². The second-order valence-electron chi connectivity index (χ2n) is 16.4. The van der Waals surface area contributed by atoms with E-state index in [-0.39, 0.29) is 42.6 Å². The first-order chi connectivity index (χ1) is 22.3. The Kier molecular flexibility index (Phi) is 11.2. The average molecular weight is 707 g/mol. The Bertz CT molecular complexity index is 1280. The van der Waals surface area contributed by atoms with Crippen LogP contribution >= 0.6 is 0 Å². The van der Waals surface area contributed by atoms with Crippen LogP contribution in [-0.2, 0) is 24.1 Å². The van der Waals surface area contributed by atoms with E-state index >= 15 is 0 Å². The number of hydrogen-bond donors (Lipinski definition) is 8. The molecule has 5 aliphatic rings. The molecule has 8 N–H and O–H groups in total. The van der Waals surface area contributed by atoms with Crippen molar-refractivity contribution >= 4 is 10.4 Å². The van der Waals surface area contributed by atoms with Crippen LogP contribution in [0.3, 0.4) is 0 Å². The van der Waals surface area contributed by atoms with Gasteiger partial charge in [0, 0.05) is 12.3 Å². The van der Waals surface area contributed by atoms with Crippen LogP contribution in [0.4, 0.5) is 0 Å². The molecule has 0 radical (unpaired) electrons. The molecule has 0 aromatic rings. The highest BCUT2D eigenvalue weighted by molar-refractivity contribution is 7.80. The second kappa shape index (κ2) is 14.0. The van der Waals surface area contributed by atoms with Gasteiger partial charge in [-0.3, -0.25) is 4.55 Å². The van der Waals surface area contributed by atoms with Crippen LogP contribution in [0, 0.1) is 46.3 Å². The van der Waals surface area contributed by atoms with Gasteiger partial charge >= 0.3 is 10.4 Å². The highest BCUT2D eigenvalue weighted by atomic mass is 32.3. The first-order valence-electron chi connectivity index (χ1n) is 17.6. The Morgan fingerprint density at radius 3 is 2.27 bits per heavy atom. The van der Waals surface area contributed by atoms with Gasteiger partial charge in [-0.05, 0) is 85.4 Å². The SMILES string of the molecule is CC(C)C(=CCO)CCC(C)C1C(O)C(O)C2C1(C)CCC1C3(C)CCC(OC4OCC(OS(=O)(=O)O)C(O)C4O)CC3C(O)CC12O. The summed E-state index contributed by atoms with van der Waals surface area (Å²) in [5.41, 5.74) is -1.32. The highest BCUT2D eigenvalue weighted by Gasteiger charge is 2.72. The van der Waals surface area contributed by atoms with E-state index in [1.54, 1.807) is 0 Å². The molecule has 14 heteroatoms. The van der Waals surface area contributed by atoms with E-state index in [0.29, 0.717) is 32.1 Å². The maximum atomic E-state index is 12.7. The van der Waals surface area contributed by atoms with E-state index in [1.165, 1.54) is 0 Å². The fourth-order valence-corrected chi connectivity index (χ4v) is 11.7. The molecule has 48 heavy (non-hydrogen) atoms. The molecule has 5 rings (SSSR count). The smallest absolute Gasteiger partial charge is 0.393 e. The predicted molar refractivity (Wildman–Crippen MR) is 172 cm³/mol. The van der Waals surface area contributed by atoms with E-state index in [9.17, 15) is 44.2 Å². The number of fused-ring (bicyclic) bond motifs is 5. The van der Waals surface area contributed by atoms with Crippen molar-refractivity contribution in [1.82, 2.24) is 0 Å². The van der Waals surface area contributed by atoms with Crippen molar-refractivity contribution in [2.75, 3.05) is 13.2 Å². The van der Waals surface area contributed by atoms with E-state index in [4.69, 9.17) is 14.0 Å².